The second kappa shape index (κ2) is 14.8. The summed E-state index contributed by atoms with van der Waals surface area (Å²) in [6.45, 7) is 5.98. The molecular formula is C27H38N2O8. The van der Waals surface area contributed by atoms with Gasteiger partial charge in [-0.25, -0.2) is 0 Å². The highest BCUT2D eigenvalue weighted by Gasteiger charge is 2.39. The minimum Gasteiger partial charge on any atom is -0.459 e. The third-order valence-electron chi connectivity index (χ3n) is 6.18. The third-order valence-corrected chi connectivity index (χ3v) is 6.18. The first-order chi connectivity index (χ1) is 18.0. The van der Waals surface area contributed by atoms with Crippen molar-refractivity contribution in [1.29, 1.82) is 0 Å². The van der Waals surface area contributed by atoms with Gasteiger partial charge in [0.05, 0.1) is 38.6 Å². The number of methoxy groups -OCH3 is 1. The van der Waals surface area contributed by atoms with Gasteiger partial charge in [-0.1, -0.05) is 18.2 Å². The summed E-state index contributed by atoms with van der Waals surface area (Å²) in [6.07, 6.45) is 3.57. The number of aliphatic hydroxyl groups is 1. The predicted octanol–water partition coefficient (Wildman–Crippen LogP) is 2.46. The average Bonchev–Trinajstić information content (AvgIpc) is 3.29. The van der Waals surface area contributed by atoms with E-state index in [-0.39, 0.29) is 42.6 Å². The summed E-state index contributed by atoms with van der Waals surface area (Å²) in [6, 6.07) is 7.72. The average molecular weight is 519 g/mol. The molecule has 1 amide bonds. The number of rotatable bonds is 15. The van der Waals surface area contributed by atoms with Crippen molar-refractivity contribution in [3.05, 3.63) is 47.9 Å². The van der Waals surface area contributed by atoms with Crippen LogP contribution in [0.3, 0.4) is 0 Å². The smallest absolute Gasteiger partial charge is 0.286 e. The molecule has 1 aromatic heterocycles. The zero-order chi connectivity index (χ0) is 26.6. The normalized spacial score (nSPS) is 19.5. The molecule has 10 nitrogen and oxygen atoms in total. The maximum atomic E-state index is 12.9. The van der Waals surface area contributed by atoms with Crippen molar-refractivity contribution in [2.24, 2.45) is 5.92 Å². The second-order valence-electron chi connectivity index (χ2n) is 8.64. The van der Waals surface area contributed by atoms with Gasteiger partial charge in [-0.05, 0) is 31.1 Å². The fraction of sp³-hybridized carbons (Fsp3) is 0.556. The summed E-state index contributed by atoms with van der Waals surface area (Å²) < 4.78 is 29.7. The van der Waals surface area contributed by atoms with Crippen LogP contribution in [0.25, 0.3) is 10.9 Å². The van der Waals surface area contributed by atoms with E-state index in [0.717, 1.165) is 16.5 Å². The SMILES string of the molecule is CCO[C@@H]1OC(C(=O)NCCOC)=C[C@H](c2cn(C(C)=O)c3ccccc23)[C@@H]1CCOCCOCCO. The Morgan fingerprint density at radius 2 is 1.86 bits per heavy atom. The molecule has 1 aliphatic rings. The Hall–Kier alpha value is -2.76. The van der Waals surface area contributed by atoms with Gasteiger partial charge in [0.1, 0.15) is 0 Å². The highest BCUT2D eigenvalue weighted by Crippen LogP contribution is 2.42. The number of allylic oxidation sites excluding steroid dienone is 1. The molecule has 2 heterocycles. The molecule has 0 fully saturated rings. The van der Waals surface area contributed by atoms with E-state index in [2.05, 4.69) is 5.32 Å². The number of ether oxygens (including phenoxy) is 5. The minimum absolute atomic E-state index is 0.0291. The quantitative estimate of drug-likeness (QED) is 0.345. The number of aliphatic hydroxyl groups excluding tert-OH is 1. The molecule has 2 N–H and O–H groups in total. The van der Waals surface area contributed by atoms with E-state index in [1.54, 1.807) is 11.7 Å². The minimum atomic E-state index is -0.683. The van der Waals surface area contributed by atoms with Crippen molar-refractivity contribution in [3.8, 4) is 0 Å². The first kappa shape index (κ1) is 28.8. The van der Waals surface area contributed by atoms with Gasteiger partial charge >= 0.3 is 0 Å². The lowest BCUT2D eigenvalue weighted by Gasteiger charge is -2.36. The molecule has 1 aliphatic heterocycles. The number of amides is 1. The van der Waals surface area contributed by atoms with Crippen LogP contribution in [-0.4, -0.2) is 87.7 Å². The van der Waals surface area contributed by atoms with Crippen molar-refractivity contribution >= 4 is 22.7 Å². The fourth-order valence-electron chi connectivity index (χ4n) is 4.49. The molecule has 10 heteroatoms. The number of nitrogens with one attached hydrogen (secondary N) is 1. The number of fused-ring (bicyclic) bond motifs is 1. The highest BCUT2D eigenvalue weighted by atomic mass is 16.7. The van der Waals surface area contributed by atoms with Crippen LogP contribution in [0.5, 0.6) is 0 Å². The zero-order valence-electron chi connectivity index (χ0n) is 21.8. The standard InChI is InChI=1S/C27H38N2O8/c1-4-36-27-21(9-12-34-15-16-35-14-11-30)22(17-25(37-27)26(32)28-10-13-33-3)23-18-29(19(2)31)24-8-6-5-7-20(23)24/h5-8,17-18,21-22,27,30H,4,9-16H2,1-3H3,(H,28,32)/t21-,22-,27+/m0/s1. The molecular weight excluding hydrogens is 480 g/mol. The number of carbonyl (C=O) groups is 2. The van der Waals surface area contributed by atoms with Gasteiger partial charge < -0.3 is 34.1 Å². The van der Waals surface area contributed by atoms with E-state index < -0.39 is 6.29 Å². The molecule has 0 saturated heterocycles. The number of carbonyl (C=O) groups excluding carboxylic acids is 2. The summed E-state index contributed by atoms with van der Waals surface area (Å²) in [5.74, 6) is -0.722. The first-order valence-corrected chi connectivity index (χ1v) is 12.7. The zero-order valence-corrected chi connectivity index (χ0v) is 21.8. The predicted molar refractivity (Wildman–Crippen MR) is 137 cm³/mol. The molecule has 0 spiro atoms. The van der Waals surface area contributed by atoms with Gasteiger partial charge in [0, 0.05) is 57.2 Å². The molecule has 1 aromatic carbocycles. The summed E-state index contributed by atoms with van der Waals surface area (Å²) in [5, 5.41) is 12.6. The van der Waals surface area contributed by atoms with Crippen molar-refractivity contribution in [2.75, 3.05) is 59.9 Å². The molecule has 0 saturated carbocycles. The highest BCUT2D eigenvalue weighted by molar-refractivity contribution is 5.95. The van der Waals surface area contributed by atoms with E-state index >= 15 is 0 Å². The summed E-state index contributed by atoms with van der Waals surface area (Å²) in [7, 11) is 1.57. The van der Waals surface area contributed by atoms with Crippen LogP contribution in [0, 0.1) is 5.92 Å². The van der Waals surface area contributed by atoms with Crippen molar-refractivity contribution < 1.29 is 38.4 Å². The molecule has 3 atom stereocenters. The number of aromatic nitrogens is 1. The van der Waals surface area contributed by atoms with Gasteiger partial charge in [0.2, 0.25) is 12.2 Å². The van der Waals surface area contributed by atoms with Gasteiger partial charge in [0.25, 0.3) is 5.91 Å². The summed E-state index contributed by atoms with van der Waals surface area (Å²) >= 11 is 0. The number of hydrogen-bond acceptors (Lipinski definition) is 8. The number of hydrogen-bond donors (Lipinski definition) is 2. The van der Waals surface area contributed by atoms with Gasteiger partial charge in [-0.15, -0.1) is 0 Å². The number of benzene rings is 1. The number of para-hydroxylation sites is 1. The van der Waals surface area contributed by atoms with Crippen LogP contribution in [0.15, 0.2) is 42.3 Å². The lowest BCUT2D eigenvalue weighted by atomic mass is 9.81. The van der Waals surface area contributed by atoms with Crippen molar-refractivity contribution in [3.63, 3.8) is 0 Å². The van der Waals surface area contributed by atoms with E-state index in [0.29, 0.717) is 46.0 Å². The van der Waals surface area contributed by atoms with E-state index in [4.69, 9.17) is 28.8 Å². The number of nitrogens with zero attached hydrogens (tertiary/aromatic N) is 1. The molecule has 2 aromatic rings. The van der Waals surface area contributed by atoms with Gasteiger partial charge in [-0.2, -0.15) is 0 Å². The Bertz CT molecular complexity index is 1050. The van der Waals surface area contributed by atoms with Gasteiger partial charge in [-0.3, -0.25) is 14.2 Å². The van der Waals surface area contributed by atoms with Crippen LogP contribution in [0.2, 0.25) is 0 Å². The molecule has 0 aliphatic carbocycles. The molecule has 204 valence electrons. The Kier molecular flexibility index (Phi) is 11.6. The van der Waals surface area contributed by atoms with E-state index in [1.807, 2.05) is 43.5 Å². The Balaban J connectivity index is 1.93. The summed E-state index contributed by atoms with van der Waals surface area (Å²) in [4.78, 5) is 25.4. The van der Waals surface area contributed by atoms with Crippen molar-refractivity contribution in [2.45, 2.75) is 32.5 Å². The molecule has 0 radical (unpaired) electrons. The lowest BCUT2D eigenvalue weighted by molar-refractivity contribution is -0.168. The molecule has 0 unspecified atom stereocenters. The molecule has 3 rings (SSSR count). The largest absolute Gasteiger partial charge is 0.459 e. The van der Waals surface area contributed by atoms with Crippen molar-refractivity contribution in [1.82, 2.24) is 9.88 Å². The van der Waals surface area contributed by atoms with E-state index in [9.17, 15) is 9.59 Å². The molecule has 37 heavy (non-hydrogen) atoms. The lowest BCUT2D eigenvalue weighted by Crippen LogP contribution is -2.40. The Morgan fingerprint density at radius 1 is 1.11 bits per heavy atom. The van der Waals surface area contributed by atoms with Crippen LogP contribution < -0.4 is 5.32 Å². The topological polar surface area (TPSA) is 117 Å². The second-order valence-corrected chi connectivity index (χ2v) is 8.64. The monoisotopic (exact) mass is 518 g/mol. The van der Waals surface area contributed by atoms with Crippen LogP contribution in [-0.2, 0) is 28.5 Å². The first-order valence-electron chi connectivity index (χ1n) is 12.7. The maximum Gasteiger partial charge on any atom is 0.286 e. The fourth-order valence-corrected chi connectivity index (χ4v) is 4.49. The Morgan fingerprint density at radius 3 is 2.57 bits per heavy atom. The molecule has 0 bridgehead atoms. The third kappa shape index (κ3) is 7.62. The van der Waals surface area contributed by atoms with Crippen LogP contribution in [0.1, 0.15) is 36.5 Å². The van der Waals surface area contributed by atoms with Gasteiger partial charge in [0.15, 0.2) is 5.76 Å². The maximum absolute atomic E-state index is 12.9. The Labute approximate surface area is 217 Å². The van der Waals surface area contributed by atoms with Crippen LogP contribution in [0.4, 0.5) is 0 Å². The van der Waals surface area contributed by atoms with E-state index in [1.165, 1.54) is 6.92 Å². The summed E-state index contributed by atoms with van der Waals surface area (Å²) in [5.41, 5.74) is 1.72. The van der Waals surface area contributed by atoms with Crippen LogP contribution >= 0.6 is 0 Å².